The van der Waals surface area contributed by atoms with E-state index in [9.17, 15) is 18.0 Å². The summed E-state index contributed by atoms with van der Waals surface area (Å²) < 4.78 is 42.6. The molecule has 0 saturated carbocycles. The highest BCUT2D eigenvalue weighted by molar-refractivity contribution is 7.92. The zero-order valence-electron chi connectivity index (χ0n) is 17.3. The van der Waals surface area contributed by atoms with E-state index in [2.05, 4.69) is 0 Å². The minimum atomic E-state index is -3.90. The number of nitrogens with zero attached hydrogens (tertiary/aromatic N) is 1. The Labute approximate surface area is 179 Å². The number of halogens is 1. The van der Waals surface area contributed by atoms with Gasteiger partial charge < -0.3 is 9.64 Å². The van der Waals surface area contributed by atoms with Gasteiger partial charge in [-0.15, -0.1) is 0 Å². The highest BCUT2D eigenvalue weighted by atomic mass is 32.2. The van der Waals surface area contributed by atoms with Gasteiger partial charge in [-0.3, -0.25) is 14.8 Å². The van der Waals surface area contributed by atoms with Crippen LogP contribution >= 0.6 is 0 Å². The number of rotatable bonds is 7. The number of fused-ring (bicyclic) bond motifs is 1. The second-order valence-corrected chi connectivity index (χ2v) is 10.0. The van der Waals surface area contributed by atoms with Crippen LogP contribution in [-0.4, -0.2) is 55.0 Å². The van der Waals surface area contributed by atoms with Gasteiger partial charge in [0.1, 0.15) is 11.6 Å². The first kappa shape index (κ1) is 22.7. The summed E-state index contributed by atoms with van der Waals surface area (Å²) in [6.07, 6.45) is 0.620. The summed E-state index contributed by atoms with van der Waals surface area (Å²) >= 11 is 0. The van der Waals surface area contributed by atoms with Gasteiger partial charge in [-0.2, -0.15) is 0 Å². The van der Waals surface area contributed by atoms with Crippen molar-refractivity contribution < 1.29 is 32.3 Å². The molecule has 0 bridgehead atoms. The van der Waals surface area contributed by atoms with Crippen molar-refractivity contribution in [1.82, 2.24) is 10.4 Å². The molecular formula is C21H23FN2O6S. The van der Waals surface area contributed by atoms with Gasteiger partial charge in [0.05, 0.1) is 7.11 Å². The van der Waals surface area contributed by atoms with E-state index in [0.717, 1.165) is 6.26 Å². The third-order valence-corrected chi connectivity index (χ3v) is 7.80. The van der Waals surface area contributed by atoms with Crippen molar-refractivity contribution in [3.05, 3.63) is 53.3 Å². The van der Waals surface area contributed by atoms with E-state index in [0.29, 0.717) is 16.9 Å². The Morgan fingerprint density at radius 2 is 1.84 bits per heavy atom. The molecule has 3 rings (SSSR count). The normalized spacial score (nSPS) is 15.4. The van der Waals surface area contributed by atoms with E-state index in [1.165, 1.54) is 36.5 Å². The SMILES string of the molecule is COc1ccc(-c2ccc3c(c2F)CN(CCC(C)(C(=O)NO)S(C)(=O)=O)C3=O)cc1. The van der Waals surface area contributed by atoms with Crippen LogP contribution in [0.25, 0.3) is 11.1 Å². The maximum atomic E-state index is 15.2. The van der Waals surface area contributed by atoms with Crippen LogP contribution in [0.1, 0.15) is 29.3 Å². The summed E-state index contributed by atoms with van der Waals surface area (Å²) in [6, 6.07) is 9.90. The quantitative estimate of drug-likeness (QED) is 0.494. The summed E-state index contributed by atoms with van der Waals surface area (Å²) in [7, 11) is -2.37. The molecule has 0 fully saturated rings. The van der Waals surface area contributed by atoms with Gasteiger partial charge in [0, 0.05) is 36.0 Å². The number of hydrogen-bond acceptors (Lipinski definition) is 6. The van der Waals surface area contributed by atoms with Gasteiger partial charge in [0.25, 0.3) is 11.8 Å². The molecule has 1 unspecified atom stereocenters. The first-order valence-electron chi connectivity index (χ1n) is 9.42. The van der Waals surface area contributed by atoms with Crippen LogP contribution < -0.4 is 10.2 Å². The fraction of sp³-hybridized carbons (Fsp3) is 0.333. The molecule has 0 aliphatic carbocycles. The maximum Gasteiger partial charge on any atom is 0.264 e. The minimum Gasteiger partial charge on any atom is -0.497 e. The lowest BCUT2D eigenvalue weighted by Gasteiger charge is -2.27. The molecule has 0 spiro atoms. The lowest BCUT2D eigenvalue weighted by atomic mass is 9.99. The Hall–Kier alpha value is -2.98. The van der Waals surface area contributed by atoms with Crippen LogP contribution in [0.15, 0.2) is 36.4 Å². The molecule has 2 aromatic carbocycles. The summed E-state index contributed by atoms with van der Waals surface area (Å²) in [5, 5.41) is 8.93. The van der Waals surface area contributed by atoms with Crippen molar-refractivity contribution >= 4 is 21.7 Å². The van der Waals surface area contributed by atoms with E-state index in [4.69, 9.17) is 9.94 Å². The second-order valence-electron chi connectivity index (χ2n) is 7.60. The molecule has 166 valence electrons. The van der Waals surface area contributed by atoms with Crippen molar-refractivity contribution in [3.8, 4) is 16.9 Å². The number of amides is 2. The third kappa shape index (κ3) is 4.00. The summed E-state index contributed by atoms with van der Waals surface area (Å²) in [4.78, 5) is 26.0. The molecule has 1 aliphatic heterocycles. The van der Waals surface area contributed by atoms with E-state index >= 15 is 4.39 Å². The molecule has 2 aromatic rings. The topological polar surface area (TPSA) is 113 Å². The highest BCUT2D eigenvalue weighted by Gasteiger charge is 2.44. The first-order valence-corrected chi connectivity index (χ1v) is 11.3. The zero-order valence-corrected chi connectivity index (χ0v) is 18.1. The summed E-state index contributed by atoms with van der Waals surface area (Å²) in [6.45, 7) is 1.01. The van der Waals surface area contributed by atoms with Crippen molar-refractivity contribution in [1.29, 1.82) is 0 Å². The number of carbonyl (C=O) groups is 2. The Kier molecular flexibility index (Phi) is 6.06. The largest absolute Gasteiger partial charge is 0.497 e. The maximum absolute atomic E-state index is 15.2. The van der Waals surface area contributed by atoms with Gasteiger partial charge in [-0.25, -0.2) is 18.3 Å². The van der Waals surface area contributed by atoms with Crippen molar-refractivity contribution in [3.63, 3.8) is 0 Å². The molecular weight excluding hydrogens is 427 g/mol. The standard InChI is InChI=1S/C21H23FN2O6S/c1-21(20(26)23-27,31(3,28)29)10-11-24-12-17-16(19(24)25)9-8-15(18(17)22)13-4-6-14(30-2)7-5-13/h4-9,27H,10-12H2,1-3H3,(H,23,26). The molecule has 31 heavy (non-hydrogen) atoms. The highest BCUT2D eigenvalue weighted by Crippen LogP contribution is 2.34. The number of benzene rings is 2. The number of hydrogen-bond donors (Lipinski definition) is 2. The van der Waals surface area contributed by atoms with E-state index < -0.39 is 32.2 Å². The molecule has 1 aliphatic rings. The monoisotopic (exact) mass is 450 g/mol. The fourth-order valence-electron chi connectivity index (χ4n) is 3.52. The Balaban J connectivity index is 1.85. The van der Waals surface area contributed by atoms with Gasteiger partial charge in [0.15, 0.2) is 14.6 Å². The van der Waals surface area contributed by atoms with E-state index in [1.54, 1.807) is 24.3 Å². The predicted molar refractivity (Wildman–Crippen MR) is 111 cm³/mol. The first-order chi connectivity index (χ1) is 14.5. The molecule has 1 heterocycles. The number of sulfone groups is 1. The lowest BCUT2D eigenvalue weighted by molar-refractivity contribution is -0.131. The minimum absolute atomic E-state index is 0.0510. The Morgan fingerprint density at radius 1 is 1.23 bits per heavy atom. The van der Waals surface area contributed by atoms with Crippen LogP contribution in [0.4, 0.5) is 4.39 Å². The molecule has 8 nitrogen and oxygen atoms in total. The molecule has 1 atom stereocenters. The van der Waals surface area contributed by atoms with E-state index in [-0.39, 0.29) is 30.6 Å². The van der Waals surface area contributed by atoms with Crippen LogP contribution in [0, 0.1) is 5.82 Å². The summed E-state index contributed by atoms with van der Waals surface area (Å²) in [5.74, 6) is -1.44. The average molecular weight is 450 g/mol. The zero-order chi connectivity index (χ0) is 23.0. The smallest absolute Gasteiger partial charge is 0.264 e. The molecule has 10 heteroatoms. The van der Waals surface area contributed by atoms with E-state index in [1.807, 2.05) is 0 Å². The molecule has 2 N–H and O–H groups in total. The molecule has 0 saturated heterocycles. The van der Waals surface area contributed by atoms with Crippen molar-refractivity contribution in [2.24, 2.45) is 0 Å². The molecule has 2 amide bonds. The Morgan fingerprint density at radius 3 is 2.39 bits per heavy atom. The lowest BCUT2D eigenvalue weighted by Crippen LogP contribution is -2.50. The number of ether oxygens (including phenoxy) is 1. The van der Waals surface area contributed by atoms with Crippen LogP contribution in [0.2, 0.25) is 0 Å². The summed E-state index contributed by atoms with van der Waals surface area (Å²) in [5.41, 5.74) is 2.73. The second kappa shape index (κ2) is 8.27. The van der Waals surface area contributed by atoms with Gasteiger partial charge >= 0.3 is 0 Å². The Bertz CT molecular complexity index is 1130. The number of methoxy groups -OCH3 is 1. The third-order valence-electron chi connectivity index (χ3n) is 5.77. The van der Waals surface area contributed by atoms with Gasteiger partial charge in [0.2, 0.25) is 0 Å². The molecule has 0 radical (unpaired) electrons. The number of carbonyl (C=O) groups excluding carboxylic acids is 2. The van der Waals surface area contributed by atoms with Crippen LogP contribution in [-0.2, 0) is 21.2 Å². The number of hydroxylamine groups is 1. The fourth-order valence-corrected chi connectivity index (χ4v) is 4.36. The average Bonchev–Trinajstić information content (AvgIpc) is 3.07. The van der Waals surface area contributed by atoms with Crippen molar-refractivity contribution in [2.45, 2.75) is 24.6 Å². The van der Waals surface area contributed by atoms with Gasteiger partial charge in [-0.05, 0) is 37.1 Å². The predicted octanol–water partition coefficient (Wildman–Crippen LogP) is 2.16. The number of nitrogens with one attached hydrogen (secondary N) is 1. The van der Waals surface area contributed by atoms with Crippen LogP contribution in [0.3, 0.4) is 0 Å². The molecule has 0 aromatic heterocycles. The van der Waals surface area contributed by atoms with Gasteiger partial charge in [-0.1, -0.05) is 18.2 Å². The van der Waals surface area contributed by atoms with Crippen LogP contribution in [0.5, 0.6) is 5.75 Å². The van der Waals surface area contributed by atoms with Crippen molar-refractivity contribution in [2.75, 3.05) is 19.9 Å².